The Hall–Kier alpha value is -1.79. The molecule has 0 N–H and O–H groups in total. The molecular weight excluding hydrogens is 285 g/mol. The van der Waals surface area contributed by atoms with Crippen molar-refractivity contribution in [2.75, 3.05) is 13.1 Å². The summed E-state index contributed by atoms with van der Waals surface area (Å²) in [7, 11) is 0. The quantitative estimate of drug-likeness (QED) is 0.804. The monoisotopic (exact) mass is 300 g/mol. The van der Waals surface area contributed by atoms with Gasteiger partial charge in [-0.15, -0.1) is 0 Å². The highest BCUT2D eigenvalue weighted by atomic mass is 19.3. The molecule has 0 bridgehead atoms. The molecule has 1 unspecified atom stereocenters. The lowest BCUT2D eigenvalue weighted by molar-refractivity contribution is -0.159. The molecule has 2 heterocycles. The van der Waals surface area contributed by atoms with Gasteiger partial charge in [0.25, 0.3) is 0 Å². The van der Waals surface area contributed by atoms with E-state index in [-0.39, 0.29) is 30.7 Å². The fraction of sp³-hybridized carbons (Fsp3) is 0.571. The van der Waals surface area contributed by atoms with E-state index in [1.165, 1.54) is 12.1 Å². The summed E-state index contributed by atoms with van der Waals surface area (Å²) in [5.74, 6) is -3.97. The molecule has 1 saturated heterocycles. The first-order valence-corrected chi connectivity index (χ1v) is 6.89. The number of carbonyl (C=O) groups is 1. The number of likely N-dealkylation sites (tertiary alicyclic amines) is 1. The molecule has 1 atom stereocenters. The number of aromatic nitrogens is 1. The number of pyridine rings is 1. The largest absolute Gasteiger partial charge is 0.472 e. The zero-order valence-electron chi connectivity index (χ0n) is 11.3. The van der Waals surface area contributed by atoms with E-state index in [1.54, 1.807) is 11.0 Å². The Morgan fingerprint density at radius 2 is 2.14 bits per heavy atom. The van der Waals surface area contributed by atoms with E-state index in [0.717, 1.165) is 0 Å². The maximum Gasteiger partial charge on any atom is 0.249 e. The molecule has 0 spiro atoms. The van der Waals surface area contributed by atoms with Gasteiger partial charge < -0.3 is 9.64 Å². The van der Waals surface area contributed by atoms with Crippen molar-refractivity contribution >= 4 is 5.91 Å². The zero-order valence-corrected chi connectivity index (χ0v) is 11.3. The third-order valence-electron chi connectivity index (χ3n) is 3.87. The van der Waals surface area contributed by atoms with Crippen LogP contribution in [0.25, 0.3) is 0 Å². The molecule has 0 radical (unpaired) electrons. The van der Waals surface area contributed by atoms with Gasteiger partial charge in [-0.25, -0.2) is 8.78 Å². The number of amides is 1. The van der Waals surface area contributed by atoms with Gasteiger partial charge in [-0.1, -0.05) is 6.07 Å². The van der Waals surface area contributed by atoms with E-state index < -0.39 is 17.8 Å². The van der Waals surface area contributed by atoms with Crippen LogP contribution < -0.4 is 4.74 Å². The molecule has 1 aliphatic carbocycles. The number of ether oxygens (including phenoxy) is 1. The highest BCUT2D eigenvalue weighted by molar-refractivity contribution is 5.80. The van der Waals surface area contributed by atoms with Crippen molar-refractivity contribution in [2.24, 2.45) is 5.92 Å². The predicted octanol–water partition coefficient (Wildman–Crippen LogP) is 2.25. The number of alkyl halides is 2. The molecule has 3 rings (SSSR count). The minimum atomic E-state index is -2.69. The lowest BCUT2D eigenvalue weighted by Crippen LogP contribution is -2.46. The summed E-state index contributed by atoms with van der Waals surface area (Å²) in [5.41, 5.74) is 0. The Bertz CT molecular complexity index is 545. The molecule has 114 valence electrons. The van der Waals surface area contributed by atoms with Crippen LogP contribution in [0, 0.1) is 11.9 Å². The van der Waals surface area contributed by atoms with Gasteiger partial charge in [0.2, 0.25) is 23.7 Å². The molecule has 2 fully saturated rings. The molecule has 1 aromatic heterocycles. The second kappa shape index (κ2) is 5.20. The lowest BCUT2D eigenvalue weighted by Gasteiger charge is -2.36. The van der Waals surface area contributed by atoms with Crippen LogP contribution in [0.3, 0.4) is 0 Å². The van der Waals surface area contributed by atoms with Crippen LogP contribution in [0.4, 0.5) is 13.2 Å². The average molecular weight is 300 g/mol. The summed E-state index contributed by atoms with van der Waals surface area (Å²) < 4.78 is 44.1. The van der Waals surface area contributed by atoms with E-state index in [9.17, 15) is 18.0 Å². The number of hydrogen-bond donors (Lipinski definition) is 0. The van der Waals surface area contributed by atoms with Crippen molar-refractivity contribution in [3.63, 3.8) is 0 Å². The van der Waals surface area contributed by atoms with Gasteiger partial charge in [0.05, 0.1) is 6.54 Å². The fourth-order valence-electron chi connectivity index (χ4n) is 2.74. The topological polar surface area (TPSA) is 42.4 Å². The number of carbonyl (C=O) groups excluding carboxylic acids is 1. The smallest absolute Gasteiger partial charge is 0.249 e. The number of hydrogen-bond acceptors (Lipinski definition) is 3. The summed E-state index contributed by atoms with van der Waals surface area (Å²) in [6, 6.07) is 4.25. The number of rotatable bonds is 3. The van der Waals surface area contributed by atoms with Crippen LogP contribution in [0.2, 0.25) is 0 Å². The van der Waals surface area contributed by atoms with Crippen LogP contribution in [0.15, 0.2) is 18.2 Å². The van der Waals surface area contributed by atoms with E-state index in [4.69, 9.17) is 4.74 Å². The highest BCUT2D eigenvalue weighted by Crippen LogP contribution is 2.43. The zero-order chi connectivity index (χ0) is 15.0. The normalized spacial score (nSPS) is 24.7. The maximum absolute atomic E-state index is 13.0. The van der Waals surface area contributed by atoms with Gasteiger partial charge in [-0.2, -0.15) is 9.37 Å². The van der Waals surface area contributed by atoms with Gasteiger partial charge in [0, 0.05) is 37.8 Å². The van der Waals surface area contributed by atoms with Crippen LogP contribution in [-0.2, 0) is 4.79 Å². The summed E-state index contributed by atoms with van der Waals surface area (Å²) in [6.07, 6.45) is -0.407. The minimum Gasteiger partial charge on any atom is -0.472 e. The van der Waals surface area contributed by atoms with Crippen LogP contribution in [-0.4, -0.2) is 40.9 Å². The SMILES string of the molecule is O=C(C1CC(F)(F)C1)N1CCC(Oc2cccc(F)n2)C1. The Morgan fingerprint density at radius 1 is 1.38 bits per heavy atom. The first kappa shape index (κ1) is 14.2. The highest BCUT2D eigenvalue weighted by Gasteiger charge is 2.50. The van der Waals surface area contributed by atoms with Gasteiger partial charge >= 0.3 is 0 Å². The van der Waals surface area contributed by atoms with E-state index in [2.05, 4.69) is 4.98 Å². The van der Waals surface area contributed by atoms with Crippen molar-refractivity contribution in [3.05, 3.63) is 24.1 Å². The second-order valence-corrected chi connectivity index (χ2v) is 5.57. The van der Waals surface area contributed by atoms with Crippen LogP contribution in [0.5, 0.6) is 5.88 Å². The number of halogens is 3. The van der Waals surface area contributed by atoms with E-state index >= 15 is 0 Å². The summed E-state index contributed by atoms with van der Waals surface area (Å²) in [6.45, 7) is 0.806. The second-order valence-electron chi connectivity index (χ2n) is 5.57. The van der Waals surface area contributed by atoms with Crippen molar-refractivity contribution in [2.45, 2.75) is 31.3 Å². The molecule has 1 amide bonds. The Morgan fingerprint density at radius 3 is 2.81 bits per heavy atom. The first-order valence-electron chi connectivity index (χ1n) is 6.89. The van der Waals surface area contributed by atoms with E-state index in [0.29, 0.717) is 19.5 Å². The van der Waals surface area contributed by atoms with Crippen molar-refractivity contribution < 1.29 is 22.7 Å². The molecule has 21 heavy (non-hydrogen) atoms. The third kappa shape index (κ3) is 3.11. The molecule has 1 saturated carbocycles. The van der Waals surface area contributed by atoms with Crippen molar-refractivity contribution in [3.8, 4) is 5.88 Å². The first-order chi connectivity index (χ1) is 9.93. The molecule has 4 nitrogen and oxygen atoms in total. The Kier molecular flexibility index (Phi) is 3.51. The molecule has 1 aliphatic heterocycles. The Balaban J connectivity index is 1.52. The van der Waals surface area contributed by atoms with Crippen molar-refractivity contribution in [1.82, 2.24) is 9.88 Å². The molecule has 1 aromatic rings. The maximum atomic E-state index is 13.0. The standard InChI is InChI=1S/C14H15F3N2O2/c15-11-2-1-3-12(18-11)21-10-4-5-19(8-10)13(20)9-6-14(16,17)7-9/h1-3,9-10H,4-8H2. The minimum absolute atomic E-state index is 0.171. The molecule has 2 aliphatic rings. The Labute approximate surface area is 119 Å². The van der Waals surface area contributed by atoms with Gasteiger partial charge in [0.15, 0.2) is 0 Å². The summed E-state index contributed by atoms with van der Waals surface area (Å²) in [4.78, 5) is 17.2. The summed E-state index contributed by atoms with van der Waals surface area (Å²) in [5, 5.41) is 0. The van der Waals surface area contributed by atoms with Gasteiger partial charge in [-0.05, 0) is 6.07 Å². The molecule has 7 heteroatoms. The summed E-state index contributed by atoms with van der Waals surface area (Å²) >= 11 is 0. The van der Waals surface area contributed by atoms with Crippen LogP contribution in [0.1, 0.15) is 19.3 Å². The molecular formula is C14H15F3N2O2. The molecule has 0 aromatic carbocycles. The number of nitrogens with zero attached hydrogens (tertiary/aromatic N) is 2. The van der Waals surface area contributed by atoms with Crippen molar-refractivity contribution in [1.29, 1.82) is 0 Å². The van der Waals surface area contributed by atoms with Crippen LogP contribution >= 0.6 is 0 Å². The fourth-order valence-corrected chi connectivity index (χ4v) is 2.74. The van der Waals surface area contributed by atoms with E-state index in [1.807, 2.05) is 0 Å². The predicted molar refractivity (Wildman–Crippen MR) is 67.5 cm³/mol. The van der Waals surface area contributed by atoms with Gasteiger partial charge in [0.1, 0.15) is 6.10 Å². The lowest BCUT2D eigenvalue weighted by atomic mass is 9.80. The average Bonchev–Trinajstić information content (AvgIpc) is 2.83. The third-order valence-corrected chi connectivity index (χ3v) is 3.87. The van der Waals surface area contributed by atoms with Gasteiger partial charge in [-0.3, -0.25) is 4.79 Å².